The molecule has 0 atom stereocenters. The van der Waals surface area contributed by atoms with E-state index in [9.17, 15) is 9.59 Å². The molecule has 0 saturated carbocycles. The number of carbonyl (C=O) groups is 2. The van der Waals surface area contributed by atoms with Gasteiger partial charge in [-0.25, -0.2) is 10.2 Å². The lowest BCUT2D eigenvalue weighted by Crippen LogP contribution is -2.25. The maximum absolute atomic E-state index is 11.9. The van der Waals surface area contributed by atoms with Crippen LogP contribution in [0.3, 0.4) is 0 Å². The third-order valence-electron chi connectivity index (χ3n) is 3.44. The van der Waals surface area contributed by atoms with Crippen LogP contribution in [0.5, 0.6) is 11.5 Å². The highest BCUT2D eigenvalue weighted by atomic mass is 79.9. The fourth-order valence-corrected chi connectivity index (χ4v) is 3.01. The molecule has 0 spiro atoms. The van der Waals surface area contributed by atoms with Gasteiger partial charge in [-0.1, -0.05) is 28.1 Å². The monoisotopic (exact) mass is 434 g/mol. The van der Waals surface area contributed by atoms with Crippen LogP contribution in [0.2, 0.25) is 0 Å². The number of ether oxygens (including phenoxy) is 2. The first-order chi connectivity index (χ1) is 12.9. The molecule has 1 amide bonds. The highest BCUT2D eigenvalue weighted by molar-refractivity contribution is 9.10. The standard InChI is InChI=1S/C19H19BrN2O5/c1-12-7-15(20)8-13(2)19(12)27-10-17(23)22-21-9-14-5-3-4-6-16(14)26-11-18(24)25/h3-9H,10-11H2,1-2H3,(H,22,23)(H,24,25). The number of amides is 1. The van der Waals surface area contributed by atoms with Crippen LogP contribution < -0.4 is 14.9 Å². The lowest BCUT2D eigenvalue weighted by molar-refractivity contribution is -0.139. The maximum Gasteiger partial charge on any atom is 0.341 e. The Balaban J connectivity index is 1.92. The molecule has 0 heterocycles. The maximum atomic E-state index is 11.9. The van der Waals surface area contributed by atoms with E-state index in [4.69, 9.17) is 14.6 Å². The van der Waals surface area contributed by atoms with Crippen molar-refractivity contribution < 1.29 is 24.2 Å². The molecule has 0 aliphatic rings. The molecule has 2 rings (SSSR count). The molecule has 7 nitrogen and oxygen atoms in total. The fourth-order valence-electron chi connectivity index (χ4n) is 2.33. The molecule has 0 bridgehead atoms. The molecule has 0 aliphatic heterocycles. The van der Waals surface area contributed by atoms with Crippen LogP contribution in [-0.4, -0.2) is 36.4 Å². The lowest BCUT2D eigenvalue weighted by Gasteiger charge is -2.11. The number of carbonyl (C=O) groups excluding carboxylic acids is 1. The van der Waals surface area contributed by atoms with E-state index in [0.717, 1.165) is 15.6 Å². The molecule has 0 fully saturated rings. The molecule has 27 heavy (non-hydrogen) atoms. The normalized spacial score (nSPS) is 10.6. The zero-order chi connectivity index (χ0) is 19.8. The van der Waals surface area contributed by atoms with E-state index in [1.807, 2.05) is 26.0 Å². The van der Waals surface area contributed by atoms with Gasteiger partial charge in [0, 0.05) is 10.0 Å². The van der Waals surface area contributed by atoms with Crippen LogP contribution >= 0.6 is 15.9 Å². The summed E-state index contributed by atoms with van der Waals surface area (Å²) < 4.78 is 11.7. The number of aryl methyl sites for hydroxylation is 2. The van der Waals surface area contributed by atoms with Crippen molar-refractivity contribution in [2.45, 2.75) is 13.8 Å². The summed E-state index contributed by atoms with van der Waals surface area (Å²) >= 11 is 3.41. The molecule has 0 aliphatic carbocycles. The summed E-state index contributed by atoms with van der Waals surface area (Å²) in [6.07, 6.45) is 1.38. The molecular weight excluding hydrogens is 416 g/mol. The van der Waals surface area contributed by atoms with Gasteiger partial charge in [0.05, 0.1) is 6.21 Å². The third kappa shape index (κ3) is 6.41. The Morgan fingerprint density at radius 2 is 1.81 bits per heavy atom. The molecule has 2 aromatic carbocycles. The lowest BCUT2D eigenvalue weighted by atomic mass is 10.1. The predicted molar refractivity (Wildman–Crippen MR) is 104 cm³/mol. The van der Waals surface area contributed by atoms with Gasteiger partial charge < -0.3 is 14.6 Å². The van der Waals surface area contributed by atoms with Crippen molar-refractivity contribution in [2.24, 2.45) is 5.10 Å². The third-order valence-corrected chi connectivity index (χ3v) is 3.89. The molecule has 142 valence electrons. The van der Waals surface area contributed by atoms with Gasteiger partial charge in [0.25, 0.3) is 5.91 Å². The Hall–Kier alpha value is -2.87. The van der Waals surface area contributed by atoms with E-state index in [2.05, 4.69) is 26.5 Å². The van der Waals surface area contributed by atoms with E-state index in [1.54, 1.807) is 24.3 Å². The van der Waals surface area contributed by atoms with Crippen molar-refractivity contribution in [3.05, 3.63) is 57.6 Å². The average Bonchev–Trinajstić information content (AvgIpc) is 2.60. The van der Waals surface area contributed by atoms with Gasteiger partial charge in [-0.15, -0.1) is 0 Å². The average molecular weight is 435 g/mol. The number of halogens is 1. The first-order valence-electron chi connectivity index (χ1n) is 8.02. The van der Waals surface area contributed by atoms with Gasteiger partial charge in [0.1, 0.15) is 11.5 Å². The van der Waals surface area contributed by atoms with Crippen molar-refractivity contribution in [3.63, 3.8) is 0 Å². The second-order valence-corrected chi connectivity index (χ2v) is 6.59. The number of rotatable bonds is 8. The number of hydrogen-bond donors (Lipinski definition) is 2. The predicted octanol–water partition coefficient (Wildman–Crippen LogP) is 3.06. The van der Waals surface area contributed by atoms with E-state index < -0.39 is 18.5 Å². The second-order valence-electron chi connectivity index (χ2n) is 5.67. The molecule has 0 saturated heterocycles. The SMILES string of the molecule is Cc1cc(Br)cc(C)c1OCC(=O)NN=Cc1ccccc1OCC(=O)O. The Morgan fingerprint density at radius 1 is 1.15 bits per heavy atom. The van der Waals surface area contributed by atoms with Gasteiger partial charge in [-0.05, 0) is 49.2 Å². The van der Waals surface area contributed by atoms with Crippen molar-refractivity contribution in [2.75, 3.05) is 13.2 Å². The quantitative estimate of drug-likeness (QED) is 0.491. The number of carboxylic acids is 1. The van der Waals surface area contributed by atoms with Gasteiger partial charge >= 0.3 is 5.97 Å². The minimum absolute atomic E-state index is 0.183. The molecule has 0 aromatic heterocycles. The van der Waals surface area contributed by atoms with Crippen LogP contribution in [0.25, 0.3) is 0 Å². The largest absolute Gasteiger partial charge is 0.483 e. The van der Waals surface area contributed by atoms with Gasteiger partial charge in [0.15, 0.2) is 13.2 Å². The van der Waals surface area contributed by atoms with Crippen LogP contribution in [0.4, 0.5) is 0 Å². The molecule has 8 heteroatoms. The highest BCUT2D eigenvalue weighted by Gasteiger charge is 2.08. The van der Waals surface area contributed by atoms with E-state index in [-0.39, 0.29) is 6.61 Å². The van der Waals surface area contributed by atoms with Crippen LogP contribution in [0, 0.1) is 13.8 Å². The first kappa shape index (κ1) is 20.4. The van der Waals surface area contributed by atoms with Crippen LogP contribution in [-0.2, 0) is 9.59 Å². The first-order valence-corrected chi connectivity index (χ1v) is 8.81. The number of nitrogens with zero attached hydrogens (tertiary/aromatic N) is 1. The van der Waals surface area contributed by atoms with Gasteiger partial charge in [-0.2, -0.15) is 5.10 Å². The number of carboxylic acid groups (broad SMARTS) is 1. The van der Waals surface area contributed by atoms with Gasteiger partial charge in [-0.3, -0.25) is 4.79 Å². The van der Waals surface area contributed by atoms with Crippen molar-refractivity contribution in [1.29, 1.82) is 0 Å². The fraction of sp³-hybridized carbons (Fsp3) is 0.211. The number of nitrogens with one attached hydrogen (secondary N) is 1. The molecule has 2 N–H and O–H groups in total. The number of benzene rings is 2. The van der Waals surface area contributed by atoms with Gasteiger partial charge in [0.2, 0.25) is 0 Å². The number of hydrogen-bond acceptors (Lipinski definition) is 5. The molecular formula is C19H19BrN2O5. The molecule has 0 unspecified atom stereocenters. The van der Waals surface area contributed by atoms with Crippen molar-refractivity contribution >= 4 is 34.0 Å². The van der Waals surface area contributed by atoms with E-state index in [0.29, 0.717) is 17.1 Å². The summed E-state index contributed by atoms with van der Waals surface area (Å²) in [6.45, 7) is 3.16. The van der Waals surface area contributed by atoms with E-state index >= 15 is 0 Å². The second kappa shape index (κ2) is 9.72. The Bertz CT molecular complexity index is 844. The van der Waals surface area contributed by atoms with Crippen LogP contribution in [0.1, 0.15) is 16.7 Å². The topological polar surface area (TPSA) is 97.2 Å². The number of hydrazone groups is 1. The summed E-state index contributed by atoms with van der Waals surface area (Å²) in [7, 11) is 0. The highest BCUT2D eigenvalue weighted by Crippen LogP contribution is 2.27. The Kier molecular flexibility index (Phi) is 7.36. The minimum Gasteiger partial charge on any atom is -0.483 e. The Labute approximate surface area is 165 Å². The minimum atomic E-state index is -1.08. The van der Waals surface area contributed by atoms with Crippen molar-refractivity contribution in [1.82, 2.24) is 5.43 Å². The molecule has 2 aromatic rings. The summed E-state index contributed by atoms with van der Waals surface area (Å²) in [4.78, 5) is 22.5. The Morgan fingerprint density at radius 3 is 2.48 bits per heavy atom. The summed E-state index contributed by atoms with van der Waals surface area (Å²) in [5, 5.41) is 12.6. The summed E-state index contributed by atoms with van der Waals surface area (Å²) in [5.74, 6) is -0.484. The number of aliphatic carboxylic acids is 1. The smallest absolute Gasteiger partial charge is 0.341 e. The summed E-state index contributed by atoms with van der Waals surface area (Å²) in [6, 6.07) is 10.6. The van der Waals surface area contributed by atoms with Crippen LogP contribution in [0.15, 0.2) is 46.0 Å². The molecule has 0 radical (unpaired) electrons. The zero-order valence-electron chi connectivity index (χ0n) is 14.9. The zero-order valence-corrected chi connectivity index (χ0v) is 16.4. The van der Waals surface area contributed by atoms with Crippen molar-refractivity contribution in [3.8, 4) is 11.5 Å². The summed E-state index contributed by atoms with van der Waals surface area (Å²) in [5.41, 5.74) is 4.75. The van der Waals surface area contributed by atoms with E-state index in [1.165, 1.54) is 6.21 Å². The number of para-hydroxylation sites is 1.